The van der Waals surface area contributed by atoms with Crippen LogP contribution >= 0.6 is 15.9 Å². The van der Waals surface area contributed by atoms with Crippen LogP contribution in [0.4, 0.5) is 0 Å². The lowest BCUT2D eigenvalue weighted by Crippen LogP contribution is -1.86. The third-order valence-corrected chi connectivity index (χ3v) is 3.52. The van der Waals surface area contributed by atoms with Gasteiger partial charge in [-0.1, -0.05) is 0 Å². The fourth-order valence-corrected chi connectivity index (χ4v) is 2.30. The molecule has 3 nitrogen and oxygen atoms in total. The van der Waals surface area contributed by atoms with E-state index in [2.05, 4.69) is 20.9 Å². The molecule has 2 aromatic rings. The van der Waals surface area contributed by atoms with Crippen LogP contribution in [-0.2, 0) is 0 Å². The molecule has 0 saturated heterocycles. The lowest BCUT2D eigenvalue weighted by atomic mass is 10.2. The Balaban J connectivity index is 1.93. The van der Waals surface area contributed by atoms with Crippen LogP contribution in [0.2, 0.25) is 0 Å². The summed E-state index contributed by atoms with van der Waals surface area (Å²) >= 11 is 3.47. The number of halogens is 1. The van der Waals surface area contributed by atoms with Gasteiger partial charge >= 0.3 is 0 Å². The van der Waals surface area contributed by atoms with E-state index < -0.39 is 0 Å². The molecule has 0 atom stereocenters. The highest BCUT2D eigenvalue weighted by Crippen LogP contribution is 2.40. The fourth-order valence-electron chi connectivity index (χ4n) is 1.76. The van der Waals surface area contributed by atoms with Crippen LogP contribution in [0.1, 0.15) is 24.7 Å². The van der Waals surface area contributed by atoms with Crippen molar-refractivity contribution in [3.05, 3.63) is 34.8 Å². The van der Waals surface area contributed by atoms with E-state index in [4.69, 9.17) is 9.15 Å². The first-order valence-corrected chi connectivity index (χ1v) is 6.36. The van der Waals surface area contributed by atoms with Crippen molar-refractivity contribution in [1.29, 1.82) is 0 Å². The van der Waals surface area contributed by atoms with Crippen LogP contribution in [0.3, 0.4) is 0 Å². The molecule has 0 unspecified atom stereocenters. The van der Waals surface area contributed by atoms with E-state index in [1.165, 1.54) is 12.8 Å². The van der Waals surface area contributed by atoms with Gasteiger partial charge in [0, 0.05) is 11.5 Å². The summed E-state index contributed by atoms with van der Waals surface area (Å²) in [5.74, 6) is 2.23. The predicted octanol–water partition coefficient (Wildman–Crippen LogP) is 3.99. The van der Waals surface area contributed by atoms with E-state index in [9.17, 15) is 0 Å². The normalized spacial score (nSPS) is 14.9. The first kappa shape index (κ1) is 10.8. The zero-order valence-corrected chi connectivity index (χ0v) is 11.0. The Morgan fingerprint density at radius 1 is 1.41 bits per heavy atom. The van der Waals surface area contributed by atoms with Gasteiger partial charge in [0.1, 0.15) is 17.7 Å². The first-order chi connectivity index (χ1) is 8.28. The Hall–Kier alpha value is -1.29. The van der Waals surface area contributed by atoms with Gasteiger partial charge < -0.3 is 9.15 Å². The van der Waals surface area contributed by atoms with E-state index in [0.717, 1.165) is 27.4 Å². The zero-order valence-electron chi connectivity index (χ0n) is 9.44. The van der Waals surface area contributed by atoms with Gasteiger partial charge in [-0.05, 0) is 47.0 Å². The first-order valence-electron chi connectivity index (χ1n) is 5.57. The van der Waals surface area contributed by atoms with Gasteiger partial charge in [0.2, 0.25) is 0 Å². The molecule has 1 heterocycles. The van der Waals surface area contributed by atoms with Gasteiger partial charge in [0.05, 0.1) is 11.6 Å². The Morgan fingerprint density at radius 2 is 2.24 bits per heavy atom. The van der Waals surface area contributed by atoms with Crippen LogP contribution < -0.4 is 4.74 Å². The summed E-state index contributed by atoms with van der Waals surface area (Å²) in [5, 5.41) is 0. The number of benzene rings is 1. The Labute approximate surface area is 108 Å². The molecular weight excluding hydrogens is 282 g/mol. The lowest BCUT2D eigenvalue weighted by molar-refractivity contribution is 0.412. The maximum Gasteiger partial charge on any atom is 0.197 e. The predicted molar refractivity (Wildman–Crippen MR) is 68.2 cm³/mol. The number of hydrogen-bond acceptors (Lipinski definition) is 3. The number of rotatable bonds is 3. The minimum absolute atomic E-state index is 0.547. The third kappa shape index (κ3) is 2.09. The molecular formula is C13H12BrNO2. The fraction of sp³-hybridized carbons (Fsp3) is 0.308. The van der Waals surface area contributed by atoms with Crippen molar-refractivity contribution in [3.8, 4) is 17.0 Å². The summed E-state index contributed by atoms with van der Waals surface area (Å²) in [6, 6.07) is 5.90. The Kier molecular flexibility index (Phi) is 2.67. The highest BCUT2D eigenvalue weighted by Gasteiger charge is 2.28. The number of oxazole rings is 1. The summed E-state index contributed by atoms with van der Waals surface area (Å²) in [4.78, 5) is 4.51. The lowest BCUT2D eigenvalue weighted by Gasteiger charge is -2.03. The molecule has 4 heteroatoms. The summed E-state index contributed by atoms with van der Waals surface area (Å²) < 4.78 is 11.6. The minimum Gasteiger partial charge on any atom is -0.496 e. The van der Waals surface area contributed by atoms with Crippen molar-refractivity contribution < 1.29 is 9.15 Å². The van der Waals surface area contributed by atoms with Gasteiger partial charge in [0.15, 0.2) is 5.89 Å². The molecule has 1 aliphatic rings. The van der Waals surface area contributed by atoms with Crippen molar-refractivity contribution in [2.75, 3.05) is 7.11 Å². The van der Waals surface area contributed by atoms with E-state index in [1.54, 1.807) is 13.4 Å². The zero-order chi connectivity index (χ0) is 11.8. The molecule has 1 aromatic heterocycles. The van der Waals surface area contributed by atoms with Crippen LogP contribution in [0, 0.1) is 0 Å². The van der Waals surface area contributed by atoms with Crippen LogP contribution in [0.15, 0.2) is 33.4 Å². The molecule has 1 saturated carbocycles. The van der Waals surface area contributed by atoms with Gasteiger partial charge in [-0.15, -0.1) is 0 Å². The highest BCUT2D eigenvalue weighted by atomic mass is 79.9. The van der Waals surface area contributed by atoms with Crippen LogP contribution in [-0.4, -0.2) is 12.1 Å². The molecule has 17 heavy (non-hydrogen) atoms. The average Bonchev–Trinajstić information content (AvgIpc) is 3.07. The summed E-state index contributed by atoms with van der Waals surface area (Å²) in [6.07, 6.45) is 4.13. The monoisotopic (exact) mass is 293 g/mol. The van der Waals surface area contributed by atoms with Gasteiger partial charge in [-0.25, -0.2) is 4.98 Å². The number of hydrogen-bond donors (Lipinski definition) is 0. The topological polar surface area (TPSA) is 35.3 Å². The molecule has 1 aliphatic carbocycles. The third-order valence-electron chi connectivity index (χ3n) is 2.90. The van der Waals surface area contributed by atoms with E-state index in [0.29, 0.717) is 5.92 Å². The molecule has 3 rings (SSSR count). The average molecular weight is 294 g/mol. The minimum atomic E-state index is 0.547. The molecule has 0 bridgehead atoms. The smallest absolute Gasteiger partial charge is 0.197 e. The molecule has 0 aliphatic heterocycles. The maximum absolute atomic E-state index is 5.48. The molecule has 1 aromatic carbocycles. The molecule has 1 fully saturated rings. The summed E-state index contributed by atoms with van der Waals surface area (Å²) in [5.41, 5.74) is 1.92. The summed E-state index contributed by atoms with van der Waals surface area (Å²) in [6.45, 7) is 0. The van der Waals surface area contributed by atoms with Crippen molar-refractivity contribution in [1.82, 2.24) is 4.98 Å². The van der Waals surface area contributed by atoms with Gasteiger partial charge in [0.25, 0.3) is 0 Å². The van der Waals surface area contributed by atoms with Crippen molar-refractivity contribution in [2.24, 2.45) is 0 Å². The molecule has 0 radical (unpaired) electrons. The van der Waals surface area contributed by atoms with Crippen molar-refractivity contribution in [3.63, 3.8) is 0 Å². The largest absolute Gasteiger partial charge is 0.496 e. The second-order valence-corrected chi connectivity index (χ2v) is 5.05. The quantitative estimate of drug-likeness (QED) is 0.858. The van der Waals surface area contributed by atoms with E-state index >= 15 is 0 Å². The van der Waals surface area contributed by atoms with Crippen molar-refractivity contribution >= 4 is 15.9 Å². The van der Waals surface area contributed by atoms with Crippen LogP contribution in [0.5, 0.6) is 5.75 Å². The van der Waals surface area contributed by atoms with Crippen molar-refractivity contribution in [2.45, 2.75) is 18.8 Å². The molecule has 0 spiro atoms. The standard InChI is InChI=1S/C13H12BrNO2/c1-16-12-5-4-9(6-10(12)14)11-7-17-13(15-11)8-2-3-8/h4-8H,2-3H2,1H3. The second kappa shape index (κ2) is 4.18. The molecule has 0 N–H and O–H groups in total. The summed E-state index contributed by atoms with van der Waals surface area (Å²) in [7, 11) is 1.65. The number of methoxy groups -OCH3 is 1. The number of nitrogens with zero attached hydrogens (tertiary/aromatic N) is 1. The van der Waals surface area contributed by atoms with Gasteiger partial charge in [-0.2, -0.15) is 0 Å². The molecule has 88 valence electrons. The van der Waals surface area contributed by atoms with Gasteiger partial charge in [-0.3, -0.25) is 0 Å². The maximum atomic E-state index is 5.48. The molecule has 0 amide bonds. The van der Waals surface area contributed by atoms with Crippen LogP contribution in [0.25, 0.3) is 11.3 Å². The second-order valence-electron chi connectivity index (χ2n) is 4.19. The SMILES string of the molecule is COc1ccc(-c2coc(C3CC3)n2)cc1Br. The van der Waals surface area contributed by atoms with E-state index in [1.807, 2.05) is 18.2 Å². The number of aromatic nitrogens is 1. The Bertz CT molecular complexity index is 546. The van der Waals surface area contributed by atoms with E-state index in [-0.39, 0.29) is 0 Å². The Morgan fingerprint density at radius 3 is 2.88 bits per heavy atom. The highest BCUT2D eigenvalue weighted by molar-refractivity contribution is 9.10. The number of ether oxygens (including phenoxy) is 1.